The van der Waals surface area contributed by atoms with E-state index in [9.17, 15) is 8.78 Å². The minimum Gasteiger partial charge on any atom is -0.494 e. The maximum absolute atomic E-state index is 12.4. The summed E-state index contributed by atoms with van der Waals surface area (Å²) < 4.78 is 31.4. The van der Waals surface area contributed by atoms with Gasteiger partial charge in [0.1, 0.15) is 11.4 Å². The van der Waals surface area contributed by atoms with E-state index < -0.39 is 6.43 Å². The lowest BCUT2D eigenvalue weighted by molar-refractivity contribution is 0.145. The maximum atomic E-state index is 12.4. The third-order valence-electron chi connectivity index (χ3n) is 2.25. The number of rotatable bonds is 4. The predicted octanol–water partition coefficient (Wildman–Crippen LogP) is 3.21. The van der Waals surface area contributed by atoms with E-state index in [1.165, 1.54) is 16.9 Å². The van der Waals surface area contributed by atoms with Gasteiger partial charge in [0.15, 0.2) is 0 Å². The van der Waals surface area contributed by atoms with Crippen LogP contribution in [0.15, 0.2) is 36.5 Å². The highest BCUT2D eigenvalue weighted by atomic mass is 19.3. The van der Waals surface area contributed by atoms with Gasteiger partial charge in [-0.15, -0.1) is 0 Å². The van der Waals surface area contributed by atoms with E-state index in [1.807, 2.05) is 6.92 Å². The third-order valence-corrected chi connectivity index (χ3v) is 2.25. The van der Waals surface area contributed by atoms with Crippen molar-refractivity contribution in [3.63, 3.8) is 0 Å². The molecular weight excluding hydrogens is 226 g/mol. The van der Waals surface area contributed by atoms with Gasteiger partial charge < -0.3 is 4.74 Å². The van der Waals surface area contributed by atoms with Gasteiger partial charge in [0.25, 0.3) is 6.43 Å². The summed E-state index contributed by atoms with van der Waals surface area (Å²) in [4.78, 5) is 0. The minimum absolute atomic E-state index is 0.223. The summed E-state index contributed by atoms with van der Waals surface area (Å²) >= 11 is 0. The molecule has 90 valence electrons. The van der Waals surface area contributed by atoms with Gasteiger partial charge in [-0.3, -0.25) is 0 Å². The average Bonchev–Trinajstić information content (AvgIpc) is 2.80. The smallest absolute Gasteiger partial charge is 0.282 e. The molecule has 2 rings (SSSR count). The molecule has 0 N–H and O–H groups in total. The van der Waals surface area contributed by atoms with Crippen LogP contribution in [0.1, 0.15) is 19.0 Å². The highest BCUT2D eigenvalue weighted by Gasteiger charge is 2.10. The molecular formula is C12H12F2N2O. The Hall–Kier alpha value is -1.91. The first kappa shape index (κ1) is 11.6. The summed E-state index contributed by atoms with van der Waals surface area (Å²) in [5.41, 5.74) is 0.499. The van der Waals surface area contributed by atoms with Crippen molar-refractivity contribution in [1.29, 1.82) is 0 Å². The van der Waals surface area contributed by atoms with Crippen LogP contribution in [0.5, 0.6) is 5.75 Å². The highest BCUT2D eigenvalue weighted by Crippen LogP contribution is 2.19. The lowest BCUT2D eigenvalue weighted by Crippen LogP contribution is -1.97. The number of alkyl halides is 2. The number of ether oxygens (including phenoxy) is 1. The van der Waals surface area contributed by atoms with Crippen LogP contribution in [0.3, 0.4) is 0 Å². The first-order valence-corrected chi connectivity index (χ1v) is 5.27. The van der Waals surface area contributed by atoms with Crippen molar-refractivity contribution in [3.05, 3.63) is 42.2 Å². The monoisotopic (exact) mass is 238 g/mol. The highest BCUT2D eigenvalue weighted by molar-refractivity contribution is 5.36. The molecule has 0 fully saturated rings. The largest absolute Gasteiger partial charge is 0.494 e. The fourth-order valence-electron chi connectivity index (χ4n) is 1.46. The van der Waals surface area contributed by atoms with Crippen molar-refractivity contribution in [2.75, 3.05) is 6.61 Å². The van der Waals surface area contributed by atoms with Crippen molar-refractivity contribution in [2.45, 2.75) is 13.3 Å². The van der Waals surface area contributed by atoms with Crippen molar-refractivity contribution in [3.8, 4) is 11.4 Å². The van der Waals surface area contributed by atoms with Gasteiger partial charge >= 0.3 is 0 Å². The molecule has 0 unspecified atom stereocenters. The second-order valence-electron chi connectivity index (χ2n) is 3.41. The van der Waals surface area contributed by atoms with E-state index in [1.54, 1.807) is 24.3 Å². The van der Waals surface area contributed by atoms with Gasteiger partial charge in [0.2, 0.25) is 0 Å². The van der Waals surface area contributed by atoms with E-state index in [-0.39, 0.29) is 5.69 Å². The molecule has 0 bridgehead atoms. The second kappa shape index (κ2) is 4.95. The molecule has 1 aromatic heterocycles. The van der Waals surface area contributed by atoms with E-state index >= 15 is 0 Å². The quantitative estimate of drug-likeness (QED) is 0.817. The van der Waals surface area contributed by atoms with Gasteiger partial charge in [0, 0.05) is 6.20 Å². The molecule has 0 saturated heterocycles. The van der Waals surface area contributed by atoms with E-state index in [0.717, 1.165) is 11.4 Å². The number of halogens is 2. The Kier molecular flexibility index (Phi) is 3.37. The van der Waals surface area contributed by atoms with Gasteiger partial charge in [-0.1, -0.05) is 0 Å². The Morgan fingerprint density at radius 2 is 1.94 bits per heavy atom. The molecule has 0 atom stereocenters. The molecule has 0 radical (unpaired) electrons. The van der Waals surface area contributed by atoms with Crippen molar-refractivity contribution in [2.24, 2.45) is 0 Å². The van der Waals surface area contributed by atoms with Crippen LogP contribution in [-0.2, 0) is 0 Å². The molecule has 0 saturated carbocycles. The van der Waals surface area contributed by atoms with E-state index in [2.05, 4.69) is 5.10 Å². The van der Waals surface area contributed by atoms with Crippen LogP contribution in [0.4, 0.5) is 8.78 Å². The molecule has 1 heterocycles. The molecule has 0 spiro atoms. The summed E-state index contributed by atoms with van der Waals surface area (Å²) in [7, 11) is 0. The van der Waals surface area contributed by atoms with E-state index in [0.29, 0.717) is 6.61 Å². The van der Waals surface area contributed by atoms with Crippen molar-refractivity contribution >= 4 is 0 Å². The summed E-state index contributed by atoms with van der Waals surface area (Å²) in [5, 5.41) is 3.78. The summed E-state index contributed by atoms with van der Waals surface area (Å²) in [6.07, 6.45) is -1.03. The number of hydrogen-bond donors (Lipinski definition) is 0. The van der Waals surface area contributed by atoms with Gasteiger partial charge in [-0.05, 0) is 37.3 Å². The number of hydrogen-bond acceptors (Lipinski definition) is 2. The molecule has 0 amide bonds. The van der Waals surface area contributed by atoms with E-state index in [4.69, 9.17) is 4.74 Å². The third kappa shape index (κ3) is 2.61. The zero-order valence-electron chi connectivity index (χ0n) is 9.31. The maximum Gasteiger partial charge on any atom is 0.282 e. The molecule has 2 aromatic rings. The van der Waals surface area contributed by atoms with Crippen LogP contribution in [0.25, 0.3) is 5.69 Å². The van der Waals surface area contributed by atoms with Gasteiger partial charge in [-0.2, -0.15) is 5.10 Å². The fraction of sp³-hybridized carbons (Fsp3) is 0.250. The first-order valence-electron chi connectivity index (χ1n) is 5.27. The molecule has 0 aliphatic heterocycles. The number of benzene rings is 1. The normalized spacial score (nSPS) is 10.8. The Morgan fingerprint density at radius 1 is 1.24 bits per heavy atom. The average molecular weight is 238 g/mol. The Labute approximate surface area is 97.6 Å². The summed E-state index contributed by atoms with van der Waals surface area (Å²) in [6.45, 7) is 2.49. The van der Waals surface area contributed by atoms with Crippen LogP contribution in [0, 0.1) is 0 Å². The lowest BCUT2D eigenvalue weighted by Gasteiger charge is -2.04. The Balaban J connectivity index is 2.21. The first-order chi connectivity index (χ1) is 8.20. The molecule has 17 heavy (non-hydrogen) atoms. The topological polar surface area (TPSA) is 27.1 Å². The molecule has 1 aromatic carbocycles. The zero-order chi connectivity index (χ0) is 12.3. The Morgan fingerprint density at radius 3 is 2.47 bits per heavy atom. The number of nitrogens with zero attached hydrogens (tertiary/aromatic N) is 2. The van der Waals surface area contributed by atoms with Crippen LogP contribution in [0.2, 0.25) is 0 Å². The lowest BCUT2D eigenvalue weighted by atomic mass is 10.3. The summed E-state index contributed by atoms with van der Waals surface area (Å²) in [6, 6.07) is 8.41. The second-order valence-corrected chi connectivity index (χ2v) is 3.41. The van der Waals surface area contributed by atoms with Crippen LogP contribution < -0.4 is 4.74 Å². The van der Waals surface area contributed by atoms with Crippen molar-refractivity contribution in [1.82, 2.24) is 9.78 Å². The van der Waals surface area contributed by atoms with Crippen LogP contribution >= 0.6 is 0 Å². The standard InChI is InChI=1S/C12H12F2N2O/c1-2-17-10-5-3-9(4-6-10)16-8-7-11(15-16)12(13)14/h3-8,12H,2H2,1H3. The number of aromatic nitrogens is 2. The minimum atomic E-state index is -2.54. The van der Waals surface area contributed by atoms with Gasteiger partial charge in [-0.25, -0.2) is 13.5 Å². The van der Waals surface area contributed by atoms with Crippen molar-refractivity contribution < 1.29 is 13.5 Å². The SMILES string of the molecule is CCOc1ccc(-n2ccc(C(F)F)n2)cc1. The van der Waals surface area contributed by atoms with Crippen LogP contribution in [-0.4, -0.2) is 16.4 Å². The molecule has 3 nitrogen and oxygen atoms in total. The van der Waals surface area contributed by atoms with Gasteiger partial charge in [0.05, 0.1) is 12.3 Å². The Bertz CT molecular complexity index is 480. The predicted molar refractivity (Wildman–Crippen MR) is 59.7 cm³/mol. The summed E-state index contributed by atoms with van der Waals surface area (Å²) in [5.74, 6) is 0.748. The molecule has 0 aliphatic carbocycles. The zero-order valence-corrected chi connectivity index (χ0v) is 9.31. The molecule has 5 heteroatoms. The fourth-order valence-corrected chi connectivity index (χ4v) is 1.46. The molecule has 0 aliphatic rings.